The van der Waals surface area contributed by atoms with Crippen molar-refractivity contribution >= 4 is 23.6 Å². The number of nitrogens with one attached hydrogen (secondary N) is 1. The molecule has 1 aliphatic rings. The molecule has 1 aliphatic heterocycles. The van der Waals surface area contributed by atoms with E-state index in [0.717, 1.165) is 17.5 Å². The van der Waals surface area contributed by atoms with Gasteiger partial charge in [0.2, 0.25) is 0 Å². The van der Waals surface area contributed by atoms with Gasteiger partial charge in [-0.1, -0.05) is 29.8 Å². The van der Waals surface area contributed by atoms with Crippen molar-refractivity contribution < 1.29 is 23.7 Å². The van der Waals surface area contributed by atoms with E-state index in [9.17, 15) is 4.79 Å². The van der Waals surface area contributed by atoms with Gasteiger partial charge in [-0.25, -0.2) is 0 Å². The second kappa shape index (κ2) is 10.1. The number of rotatable bonds is 7. The van der Waals surface area contributed by atoms with Gasteiger partial charge in [0.15, 0.2) is 29.6 Å². The predicted molar refractivity (Wildman–Crippen MR) is 112 cm³/mol. The minimum atomic E-state index is -0.257. The lowest BCUT2D eigenvalue weighted by Crippen LogP contribution is -2.28. The molecular weight excluding hydrogens is 394 g/mol. The molecular formula is C22H24ClNO5. The lowest BCUT2D eigenvalue weighted by molar-refractivity contribution is -0.123. The van der Waals surface area contributed by atoms with Crippen molar-refractivity contribution in [1.29, 1.82) is 0 Å². The van der Waals surface area contributed by atoms with Gasteiger partial charge in [-0.15, -0.1) is 0 Å². The summed E-state index contributed by atoms with van der Waals surface area (Å²) in [5, 5.41) is 3.29. The lowest BCUT2D eigenvalue weighted by Gasteiger charge is -2.13. The van der Waals surface area contributed by atoms with Crippen molar-refractivity contribution in [3.05, 3.63) is 52.6 Å². The Balaban J connectivity index is 1.57. The van der Waals surface area contributed by atoms with Crippen molar-refractivity contribution in [3.63, 3.8) is 0 Å². The van der Waals surface area contributed by atoms with Crippen LogP contribution in [0.25, 0.3) is 6.08 Å². The normalized spacial score (nSPS) is 13.1. The summed E-state index contributed by atoms with van der Waals surface area (Å²) in [4.78, 5) is 12.2. The average molecular weight is 418 g/mol. The average Bonchev–Trinajstić information content (AvgIpc) is 2.97. The number of hydrogen-bond acceptors (Lipinski definition) is 5. The zero-order chi connectivity index (χ0) is 20.6. The number of ether oxygens (including phenoxy) is 4. The highest BCUT2D eigenvalue weighted by Gasteiger charge is 2.16. The van der Waals surface area contributed by atoms with Crippen LogP contribution in [0.2, 0.25) is 5.02 Å². The Labute approximate surface area is 175 Å². The zero-order valence-electron chi connectivity index (χ0n) is 16.5. The predicted octanol–water partition coefficient (Wildman–Crippen LogP) is 4.24. The molecule has 29 heavy (non-hydrogen) atoms. The van der Waals surface area contributed by atoms with Gasteiger partial charge in [0.1, 0.15) is 0 Å². The van der Waals surface area contributed by atoms with Gasteiger partial charge in [-0.05, 0) is 42.3 Å². The molecule has 7 heteroatoms. The van der Waals surface area contributed by atoms with E-state index in [4.69, 9.17) is 30.5 Å². The number of carbonyl (C=O) groups excluding carboxylic acids is 1. The van der Waals surface area contributed by atoms with Crippen LogP contribution in [-0.4, -0.2) is 32.8 Å². The van der Waals surface area contributed by atoms with Gasteiger partial charge in [0, 0.05) is 13.0 Å². The number of amides is 1. The van der Waals surface area contributed by atoms with Crippen LogP contribution >= 0.6 is 11.6 Å². The van der Waals surface area contributed by atoms with Crippen LogP contribution in [0.15, 0.2) is 36.4 Å². The van der Waals surface area contributed by atoms with Crippen LogP contribution in [0, 0.1) is 0 Å². The van der Waals surface area contributed by atoms with E-state index in [0.29, 0.717) is 47.8 Å². The minimum absolute atomic E-state index is 0.127. The molecule has 154 valence electrons. The monoisotopic (exact) mass is 417 g/mol. The van der Waals surface area contributed by atoms with Crippen molar-refractivity contribution in [2.45, 2.75) is 19.9 Å². The second-order valence-electron chi connectivity index (χ2n) is 6.43. The van der Waals surface area contributed by atoms with E-state index >= 15 is 0 Å². The van der Waals surface area contributed by atoms with Crippen LogP contribution in [0.1, 0.15) is 24.5 Å². The molecule has 0 saturated heterocycles. The van der Waals surface area contributed by atoms with E-state index in [-0.39, 0.29) is 12.5 Å². The Hall–Kier alpha value is -2.86. The molecule has 3 rings (SSSR count). The molecule has 6 nitrogen and oxygen atoms in total. The first-order valence-corrected chi connectivity index (χ1v) is 9.76. The SMILES string of the molecule is C/C=C/c1ccc(OCC(=O)NCc2cc(Cl)c3c(c2)OCCCO3)c(OC)c1. The first kappa shape index (κ1) is 20.9. The Bertz CT molecular complexity index is 897. The van der Waals surface area contributed by atoms with Gasteiger partial charge in [0.05, 0.1) is 25.3 Å². The van der Waals surface area contributed by atoms with Crippen molar-refractivity contribution in [2.75, 3.05) is 26.9 Å². The summed E-state index contributed by atoms with van der Waals surface area (Å²) in [6.07, 6.45) is 4.70. The first-order valence-electron chi connectivity index (χ1n) is 9.39. The maximum absolute atomic E-state index is 12.2. The summed E-state index contributed by atoms with van der Waals surface area (Å²) >= 11 is 6.28. The Kier molecular flexibility index (Phi) is 7.25. The third-order valence-corrected chi connectivity index (χ3v) is 4.54. The van der Waals surface area contributed by atoms with Crippen LogP contribution in [0.4, 0.5) is 0 Å². The number of benzene rings is 2. The van der Waals surface area contributed by atoms with Crippen molar-refractivity contribution in [2.24, 2.45) is 0 Å². The molecule has 0 spiro atoms. The smallest absolute Gasteiger partial charge is 0.258 e. The number of halogens is 1. The highest BCUT2D eigenvalue weighted by molar-refractivity contribution is 6.32. The molecule has 0 saturated carbocycles. The maximum Gasteiger partial charge on any atom is 0.258 e. The number of carbonyl (C=O) groups is 1. The van der Waals surface area contributed by atoms with E-state index in [1.807, 2.05) is 37.3 Å². The topological polar surface area (TPSA) is 66.0 Å². The van der Waals surface area contributed by atoms with Crippen molar-refractivity contribution in [1.82, 2.24) is 5.32 Å². The first-order chi connectivity index (χ1) is 14.1. The molecule has 0 bridgehead atoms. The van der Waals surface area contributed by atoms with Crippen LogP contribution in [0.5, 0.6) is 23.0 Å². The molecule has 0 aromatic heterocycles. The molecule has 1 N–H and O–H groups in total. The van der Waals surface area contributed by atoms with Gasteiger partial charge in [-0.3, -0.25) is 4.79 Å². The largest absolute Gasteiger partial charge is 0.493 e. The van der Waals surface area contributed by atoms with Crippen LogP contribution < -0.4 is 24.3 Å². The summed E-state index contributed by atoms with van der Waals surface area (Å²) in [6, 6.07) is 9.13. The Morgan fingerprint density at radius 3 is 2.83 bits per heavy atom. The Morgan fingerprint density at radius 1 is 1.21 bits per heavy atom. The van der Waals surface area contributed by atoms with E-state index in [1.165, 1.54) is 0 Å². The molecule has 2 aromatic carbocycles. The van der Waals surface area contributed by atoms with Crippen LogP contribution in [-0.2, 0) is 11.3 Å². The highest BCUT2D eigenvalue weighted by Crippen LogP contribution is 2.38. The third-order valence-electron chi connectivity index (χ3n) is 4.26. The quantitative estimate of drug-likeness (QED) is 0.730. The number of hydrogen-bond donors (Lipinski definition) is 1. The molecule has 0 aliphatic carbocycles. The van der Waals surface area contributed by atoms with E-state index in [1.54, 1.807) is 19.2 Å². The summed E-state index contributed by atoms with van der Waals surface area (Å²) in [6.45, 7) is 3.26. The van der Waals surface area contributed by atoms with Gasteiger partial charge in [0.25, 0.3) is 5.91 Å². The summed E-state index contributed by atoms with van der Waals surface area (Å²) in [5.41, 5.74) is 1.81. The second-order valence-corrected chi connectivity index (χ2v) is 6.84. The fourth-order valence-corrected chi connectivity index (χ4v) is 3.17. The third kappa shape index (κ3) is 5.57. The number of fused-ring (bicyclic) bond motifs is 1. The van der Waals surface area contributed by atoms with Gasteiger partial charge >= 0.3 is 0 Å². The molecule has 0 fully saturated rings. The van der Waals surface area contributed by atoms with Gasteiger partial charge in [-0.2, -0.15) is 0 Å². The minimum Gasteiger partial charge on any atom is -0.493 e. The zero-order valence-corrected chi connectivity index (χ0v) is 17.3. The fraction of sp³-hybridized carbons (Fsp3) is 0.318. The standard InChI is InChI=1S/C22H24ClNO5/c1-3-5-15-6-7-18(19(11-15)26-2)29-14-21(25)24-13-16-10-17(23)22-20(12-16)27-8-4-9-28-22/h3,5-7,10-12H,4,8-9,13-14H2,1-2H3,(H,24,25)/b5-3+. The summed E-state index contributed by atoms with van der Waals surface area (Å²) in [5.74, 6) is 1.97. The number of methoxy groups -OCH3 is 1. The molecule has 1 heterocycles. The highest BCUT2D eigenvalue weighted by atomic mass is 35.5. The lowest BCUT2D eigenvalue weighted by atomic mass is 10.2. The fourth-order valence-electron chi connectivity index (χ4n) is 2.88. The Morgan fingerprint density at radius 2 is 2.03 bits per heavy atom. The molecule has 0 atom stereocenters. The van der Waals surface area contributed by atoms with E-state index in [2.05, 4.69) is 5.32 Å². The maximum atomic E-state index is 12.2. The van der Waals surface area contributed by atoms with Crippen LogP contribution in [0.3, 0.4) is 0 Å². The molecule has 0 radical (unpaired) electrons. The summed E-state index contributed by atoms with van der Waals surface area (Å²) in [7, 11) is 1.57. The van der Waals surface area contributed by atoms with Gasteiger partial charge < -0.3 is 24.3 Å². The van der Waals surface area contributed by atoms with E-state index < -0.39 is 0 Å². The number of allylic oxidation sites excluding steroid dienone is 1. The molecule has 0 unspecified atom stereocenters. The molecule has 1 amide bonds. The van der Waals surface area contributed by atoms with Crippen molar-refractivity contribution in [3.8, 4) is 23.0 Å². The summed E-state index contributed by atoms with van der Waals surface area (Å²) < 4.78 is 22.2. The molecule has 2 aromatic rings.